The minimum Gasteiger partial charge on any atom is -0.343 e. The monoisotopic (exact) mass is 195 g/mol. The van der Waals surface area contributed by atoms with Crippen molar-refractivity contribution < 1.29 is 4.79 Å². The standard InChI is InChI=1S/C10H17N3O/c1-2-10(7-11)8-12-3-5-13(9-14)6-4-12/h9-10H,2-6,8H2,1H3. The first-order chi connectivity index (χ1) is 6.80. The molecule has 14 heavy (non-hydrogen) atoms. The SMILES string of the molecule is CCC(C#N)CN1CCN(C=O)CC1. The van der Waals surface area contributed by atoms with Gasteiger partial charge >= 0.3 is 0 Å². The highest BCUT2D eigenvalue weighted by Crippen LogP contribution is 2.06. The van der Waals surface area contributed by atoms with Crippen LogP contribution in [-0.2, 0) is 4.79 Å². The van der Waals surface area contributed by atoms with Gasteiger partial charge in [0.1, 0.15) is 0 Å². The summed E-state index contributed by atoms with van der Waals surface area (Å²) in [6.45, 7) is 6.28. The molecular formula is C10H17N3O. The summed E-state index contributed by atoms with van der Waals surface area (Å²) < 4.78 is 0. The third-order valence-electron chi connectivity index (χ3n) is 2.71. The average molecular weight is 195 g/mol. The average Bonchev–Trinajstić information content (AvgIpc) is 2.26. The molecule has 0 aromatic carbocycles. The molecule has 0 aliphatic carbocycles. The molecule has 1 saturated heterocycles. The van der Waals surface area contributed by atoms with E-state index in [1.807, 2.05) is 6.92 Å². The van der Waals surface area contributed by atoms with E-state index in [-0.39, 0.29) is 5.92 Å². The van der Waals surface area contributed by atoms with Gasteiger partial charge in [0.05, 0.1) is 12.0 Å². The van der Waals surface area contributed by atoms with Crippen LogP contribution in [0.4, 0.5) is 0 Å². The van der Waals surface area contributed by atoms with Crippen LogP contribution in [0.3, 0.4) is 0 Å². The lowest BCUT2D eigenvalue weighted by Gasteiger charge is -2.33. The number of piperazine rings is 1. The van der Waals surface area contributed by atoms with Gasteiger partial charge in [0.25, 0.3) is 0 Å². The van der Waals surface area contributed by atoms with E-state index in [1.54, 1.807) is 4.90 Å². The van der Waals surface area contributed by atoms with Crippen LogP contribution in [0, 0.1) is 17.2 Å². The van der Waals surface area contributed by atoms with Crippen LogP contribution in [0.25, 0.3) is 0 Å². The Morgan fingerprint density at radius 2 is 2.07 bits per heavy atom. The first-order valence-electron chi connectivity index (χ1n) is 5.11. The Kier molecular flexibility index (Phi) is 4.41. The van der Waals surface area contributed by atoms with Crippen LogP contribution in [-0.4, -0.2) is 48.9 Å². The largest absolute Gasteiger partial charge is 0.343 e. The molecule has 78 valence electrons. The van der Waals surface area contributed by atoms with Crippen molar-refractivity contribution >= 4 is 6.41 Å². The molecule has 1 rings (SSSR count). The number of hydrogen-bond donors (Lipinski definition) is 0. The summed E-state index contributed by atoms with van der Waals surface area (Å²) in [6.07, 6.45) is 1.81. The van der Waals surface area contributed by atoms with E-state index in [4.69, 9.17) is 5.26 Å². The summed E-state index contributed by atoms with van der Waals surface area (Å²) in [7, 11) is 0. The number of carbonyl (C=O) groups excluding carboxylic acids is 1. The van der Waals surface area contributed by atoms with Gasteiger partial charge in [0.15, 0.2) is 0 Å². The molecule has 0 bridgehead atoms. The number of rotatable bonds is 4. The van der Waals surface area contributed by atoms with Crippen molar-refractivity contribution in [1.29, 1.82) is 5.26 Å². The van der Waals surface area contributed by atoms with Crippen LogP contribution in [0.1, 0.15) is 13.3 Å². The van der Waals surface area contributed by atoms with Gasteiger partial charge in [-0.15, -0.1) is 0 Å². The third kappa shape index (κ3) is 3.00. The number of amides is 1. The van der Waals surface area contributed by atoms with E-state index in [2.05, 4.69) is 11.0 Å². The van der Waals surface area contributed by atoms with Crippen LogP contribution in [0.5, 0.6) is 0 Å². The Balaban J connectivity index is 2.28. The predicted octanol–water partition coefficient (Wildman–Crippen LogP) is 0.310. The van der Waals surface area contributed by atoms with Gasteiger partial charge < -0.3 is 4.90 Å². The Labute approximate surface area is 85.1 Å². The van der Waals surface area contributed by atoms with Crippen molar-refractivity contribution in [2.24, 2.45) is 5.92 Å². The molecule has 1 aliphatic heterocycles. The maximum absolute atomic E-state index is 10.5. The number of hydrogen-bond acceptors (Lipinski definition) is 3. The van der Waals surface area contributed by atoms with Crippen molar-refractivity contribution in [3.8, 4) is 6.07 Å². The van der Waals surface area contributed by atoms with E-state index >= 15 is 0 Å². The second-order valence-electron chi connectivity index (χ2n) is 3.68. The van der Waals surface area contributed by atoms with Crippen molar-refractivity contribution in [3.63, 3.8) is 0 Å². The third-order valence-corrected chi connectivity index (χ3v) is 2.71. The maximum Gasteiger partial charge on any atom is 0.209 e. The summed E-state index contributed by atoms with van der Waals surface area (Å²) in [5.74, 6) is 0.137. The lowest BCUT2D eigenvalue weighted by Crippen LogP contribution is -2.46. The molecule has 4 nitrogen and oxygen atoms in total. The molecule has 0 aromatic heterocycles. The summed E-state index contributed by atoms with van der Waals surface area (Å²) in [4.78, 5) is 14.5. The first-order valence-corrected chi connectivity index (χ1v) is 5.11. The molecule has 1 amide bonds. The fraction of sp³-hybridized carbons (Fsp3) is 0.800. The Hall–Kier alpha value is -1.08. The quantitative estimate of drug-likeness (QED) is 0.607. The second-order valence-corrected chi connectivity index (χ2v) is 3.68. The van der Waals surface area contributed by atoms with Crippen LogP contribution in [0.15, 0.2) is 0 Å². The lowest BCUT2D eigenvalue weighted by atomic mass is 10.1. The molecule has 0 aromatic rings. The summed E-state index contributed by atoms with van der Waals surface area (Å²) in [6, 6.07) is 2.30. The number of nitrogens with zero attached hydrogens (tertiary/aromatic N) is 3. The minimum absolute atomic E-state index is 0.137. The Bertz CT molecular complexity index is 216. The molecule has 0 N–H and O–H groups in total. The zero-order valence-electron chi connectivity index (χ0n) is 8.65. The van der Waals surface area contributed by atoms with Gasteiger partial charge in [-0.2, -0.15) is 5.26 Å². The smallest absolute Gasteiger partial charge is 0.209 e. The van der Waals surface area contributed by atoms with Crippen LogP contribution >= 0.6 is 0 Å². The molecule has 1 aliphatic rings. The number of nitriles is 1. The normalized spacial score (nSPS) is 20.1. The lowest BCUT2D eigenvalue weighted by molar-refractivity contribution is -0.119. The van der Waals surface area contributed by atoms with Crippen molar-refractivity contribution in [2.45, 2.75) is 13.3 Å². The molecule has 1 atom stereocenters. The second kappa shape index (κ2) is 5.61. The molecule has 0 radical (unpaired) electrons. The van der Waals surface area contributed by atoms with Gasteiger partial charge in [-0.05, 0) is 6.42 Å². The maximum atomic E-state index is 10.5. The Morgan fingerprint density at radius 3 is 2.50 bits per heavy atom. The molecule has 1 unspecified atom stereocenters. The minimum atomic E-state index is 0.137. The summed E-state index contributed by atoms with van der Waals surface area (Å²) in [5, 5.41) is 8.81. The molecule has 4 heteroatoms. The number of carbonyl (C=O) groups is 1. The highest BCUT2D eigenvalue weighted by atomic mass is 16.1. The fourth-order valence-corrected chi connectivity index (χ4v) is 1.62. The van der Waals surface area contributed by atoms with Gasteiger partial charge in [-0.1, -0.05) is 6.92 Å². The predicted molar refractivity (Wildman–Crippen MR) is 53.5 cm³/mol. The fourth-order valence-electron chi connectivity index (χ4n) is 1.62. The van der Waals surface area contributed by atoms with E-state index in [0.717, 1.165) is 45.6 Å². The van der Waals surface area contributed by atoms with Gasteiger partial charge in [-0.25, -0.2) is 0 Å². The van der Waals surface area contributed by atoms with Crippen LogP contribution < -0.4 is 0 Å². The summed E-state index contributed by atoms with van der Waals surface area (Å²) >= 11 is 0. The van der Waals surface area contributed by atoms with Crippen molar-refractivity contribution in [1.82, 2.24) is 9.80 Å². The highest BCUT2D eigenvalue weighted by molar-refractivity contribution is 5.47. The molecule has 0 spiro atoms. The molecule has 1 fully saturated rings. The van der Waals surface area contributed by atoms with Crippen molar-refractivity contribution in [3.05, 3.63) is 0 Å². The van der Waals surface area contributed by atoms with E-state index < -0.39 is 0 Å². The van der Waals surface area contributed by atoms with E-state index in [9.17, 15) is 4.79 Å². The topological polar surface area (TPSA) is 47.3 Å². The first kappa shape index (κ1) is 11.0. The van der Waals surface area contributed by atoms with Gasteiger partial charge in [0, 0.05) is 32.7 Å². The van der Waals surface area contributed by atoms with Crippen LogP contribution in [0.2, 0.25) is 0 Å². The molecule has 0 saturated carbocycles. The molecular weight excluding hydrogens is 178 g/mol. The van der Waals surface area contributed by atoms with Gasteiger partial charge in [-0.3, -0.25) is 9.69 Å². The van der Waals surface area contributed by atoms with E-state index in [1.165, 1.54) is 0 Å². The summed E-state index contributed by atoms with van der Waals surface area (Å²) in [5.41, 5.74) is 0. The zero-order valence-corrected chi connectivity index (χ0v) is 8.65. The highest BCUT2D eigenvalue weighted by Gasteiger charge is 2.17. The Morgan fingerprint density at radius 1 is 1.43 bits per heavy atom. The molecule has 1 heterocycles. The van der Waals surface area contributed by atoms with Gasteiger partial charge in [0.2, 0.25) is 6.41 Å². The van der Waals surface area contributed by atoms with E-state index in [0.29, 0.717) is 0 Å². The van der Waals surface area contributed by atoms with Crippen molar-refractivity contribution in [2.75, 3.05) is 32.7 Å². The zero-order chi connectivity index (χ0) is 10.4.